The van der Waals surface area contributed by atoms with Gasteiger partial charge in [-0.15, -0.1) is 0 Å². The standard InChI is InChI=1S/C34H32N2O3/c1-5-35(6-2)25-19-20-28(30(22-25)38-4)34(27-17-11-10-16-26(27)33(37)39-34)32-31(24-14-8-7-9-15-24)23(3)29-18-12-13-21-36(29)32/h7-22H,5-6H2,1-4H3. The molecule has 196 valence electrons. The third kappa shape index (κ3) is 3.64. The number of benzene rings is 3. The number of hydrogen-bond donors (Lipinski definition) is 0. The maximum absolute atomic E-state index is 13.6. The van der Waals surface area contributed by atoms with Crippen LogP contribution in [-0.2, 0) is 10.3 Å². The lowest BCUT2D eigenvalue weighted by Gasteiger charge is -2.33. The van der Waals surface area contributed by atoms with E-state index < -0.39 is 5.60 Å². The van der Waals surface area contributed by atoms with Crippen LogP contribution in [0.2, 0.25) is 0 Å². The minimum atomic E-state index is -1.23. The number of nitrogens with zero attached hydrogens (tertiary/aromatic N) is 2. The minimum Gasteiger partial charge on any atom is -0.496 e. The lowest BCUT2D eigenvalue weighted by molar-refractivity contribution is 0.0232. The Bertz CT molecular complexity index is 1680. The molecule has 0 fully saturated rings. The van der Waals surface area contributed by atoms with Crippen LogP contribution >= 0.6 is 0 Å². The maximum atomic E-state index is 13.6. The van der Waals surface area contributed by atoms with Crippen LogP contribution in [0.5, 0.6) is 5.75 Å². The summed E-state index contributed by atoms with van der Waals surface area (Å²) in [4.78, 5) is 15.9. The zero-order chi connectivity index (χ0) is 27.1. The molecule has 3 aromatic carbocycles. The average Bonchev–Trinajstić information content (AvgIpc) is 3.46. The van der Waals surface area contributed by atoms with Gasteiger partial charge in [-0.1, -0.05) is 54.6 Å². The number of aryl methyl sites for hydroxylation is 1. The molecule has 39 heavy (non-hydrogen) atoms. The van der Waals surface area contributed by atoms with Gasteiger partial charge in [-0.2, -0.15) is 0 Å². The van der Waals surface area contributed by atoms with E-state index in [1.165, 1.54) is 0 Å². The molecule has 0 amide bonds. The first-order chi connectivity index (χ1) is 19.0. The predicted octanol–water partition coefficient (Wildman–Crippen LogP) is 7.23. The van der Waals surface area contributed by atoms with E-state index in [4.69, 9.17) is 9.47 Å². The highest BCUT2D eigenvalue weighted by Gasteiger charge is 2.53. The Hall–Kier alpha value is -4.51. The van der Waals surface area contributed by atoms with Gasteiger partial charge in [0.05, 0.1) is 18.4 Å². The van der Waals surface area contributed by atoms with Gasteiger partial charge in [0.15, 0.2) is 0 Å². The summed E-state index contributed by atoms with van der Waals surface area (Å²) < 4.78 is 14.9. The second-order valence-corrected chi connectivity index (χ2v) is 9.84. The van der Waals surface area contributed by atoms with E-state index in [0.29, 0.717) is 11.3 Å². The molecule has 0 saturated heterocycles. The third-order valence-corrected chi connectivity index (χ3v) is 7.96. The van der Waals surface area contributed by atoms with E-state index in [1.807, 2.05) is 54.6 Å². The van der Waals surface area contributed by atoms with Crippen LogP contribution in [0.25, 0.3) is 16.6 Å². The van der Waals surface area contributed by atoms with Gasteiger partial charge >= 0.3 is 5.97 Å². The van der Waals surface area contributed by atoms with Gasteiger partial charge in [-0.3, -0.25) is 0 Å². The Morgan fingerprint density at radius 2 is 1.59 bits per heavy atom. The highest BCUT2D eigenvalue weighted by atomic mass is 16.6. The summed E-state index contributed by atoms with van der Waals surface area (Å²) in [5.41, 5.74) is 7.17. The summed E-state index contributed by atoms with van der Waals surface area (Å²) in [5, 5.41) is 0. The van der Waals surface area contributed by atoms with Crippen LogP contribution in [0.3, 0.4) is 0 Å². The normalized spacial score (nSPS) is 16.3. The first-order valence-electron chi connectivity index (χ1n) is 13.5. The van der Waals surface area contributed by atoms with Crippen LogP contribution in [0.15, 0.2) is 97.2 Å². The van der Waals surface area contributed by atoms with Gasteiger partial charge in [0.2, 0.25) is 5.60 Å². The Labute approximate surface area is 229 Å². The van der Waals surface area contributed by atoms with Crippen LogP contribution in [-0.4, -0.2) is 30.6 Å². The van der Waals surface area contributed by atoms with Gasteiger partial charge in [0.1, 0.15) is 5.75 Å². The summed E-state index contributed by atoms with van der Waals surface area (Å²) in [6.45, 7) is 8.17. The van der Waals surface area contributed by atoms with Crippen LogP contribution < -0.4 is 9.64 Å². The predicted molar refractivity (Wildman–Crippen MR) is 156 cm³/mol. The van der Waals surface area contributed by atoms with E-state index >= 15 is 0 Å². The summed E-state index contributed by atoms with van der Waals surface area (Å²) in [6.07, 6.45) is 2.05. The SMILES string of the molecule is CCN(CC)c1ccc(C2(c3c(-c4ccccc4)c(C)c4ccccn34)OC(=O)c3ccccc32)c(OC)c1. The lowest BCUT2D eigenvalue weighted by Crippen LogP contribution is -2.32. The molecule has 0 spiro atoms. The summed E-state index contributed by atoms with van der Waals surface area (Å²) in [7, 11) is 1.68. The van der Waals surface area contributed by atoms with Crippen molar-refractivity contribution < 1.29 is 14.3 Å². The maximum Gasteiger partial charge on any atom is 0.340 e. The number of carbonyl (C=O) groups excluding carboxylic acids is 1. The third-order valence-electron chi connectivity index (χ3n) is 7.96. The number of carbonyl (C=O) groups is 1. The molecular weight excluding hydrogens is 484 g/mol. The van der Waals surface area contributed by atoms with E-state index in [1.54, 1.807) is 7.11 Å². The second-order valence-electron chi connectivity index (χ2n) is 9.84. The van der Waals surface area contributed by atoms with Gasteiger partial charge in [-0.05, 0) is 62.2 Å². The number of hydrogen-bond acceptors (Lipinski definition) is 4. The highest BCUT2D eigenvalue weighted by molar-refractivity contribution is 5.97. The molecule has 2 aromatic heterocycles. The quantitative estimate of drug-likeness (QED) is 0.214. The molecular formula is C34H32N2O3. The Balaban J connectivity index is 1.77. The monoisotopic (exact) mass is 516 g/mol. The van der Waals surface area contributed by atoms with Crippen LogP contribution in [0.1, 0.15) is 46.6 Å². The average molecular weight is 517 g/mol. The molecule has 1 unspecified atom stereocenters. The van der Waals surface area contributed by atoms with Crippen molar-refractivity contribution in [1.29, 1.82) is 0 Å². The first-order valence-corrected chi connectivity index (χ1v) is 13.5. The number of rotatable bonds is 7. The van der Waals surface area contributed by atoms with Crippen molar-refractivity contribution in [2.45, 2.75) is 26.4 Å². The Morgan fingerprint density at radius 3 is 2.33 bits per heavy atom. The van der Waals surface area contributed by atoms with E-state index in [2.05, 4.69) is 72.7 Å². The minimum absolute atomic E-state index is 0.344. The van der Waals surface area contributed by atoms with Crippen molar-refractivity contribution in [2.24, 2.45) is 0 Å². The highest BCUT2D eigenvalue weighted by Crippen LogP contribution is 2.54. The molecule has 5 nitrogen and oxygen atoms in total. The molecule has 0 N–H and O–H groups in total. The number of pyridine rings is 1. The number of fused-ring (bicyclic) bond motifs is 2. The molecule has 1 atom stereocenters. The van der Waals surface area contributed by atoms with Crippen molar-refractivity contribution in [3.8, 4) is 16.9 Å². The Kier molecular flexibility index (Phi) is 6.15. The number of cyclic esters (lactones) is 1. The van der Waals surface area contributed by atoms with E-state index in [9.17, 15) is 4.79 Å². The van der Waals surface area contributed by atoms with Gasteiger partial charge < -0.3 is 18.8 Å². The van der Waals surface area contributed by atoms with E-state index in [-0.39, 0.29) is 5.97 Å². The largest absolute Gasteiger partial charge is 0.496 e. The van der Waals surface area contributed by atoms with Gasteiger partial charge in [-0.25, -0.2) is 4.79 Å². The zero-order valence-electron chi connectivity index (χ0n) is 22.8. The topological polar surface area (TPSA) is 43.2 Å². The summed E-state index contributed by atoms with van der Waals surface area (Å²) in [5.74, 6) is 0.328. The van der Waals surface area contributed by atoms with E-state index in [0.717, 1.165) is 57.8 Å². The first kappa shape index (κ1) is 24.8. The van der Waals surface area contributed by atoms with Gasteiger partial charge in [0.25, 0.3) is 0 Å². The molecule has 3 heterocycles. The molecule has 1 aliphatic heterocycles. The number of anilines is 1. The molecule has 0 saturated carbocycles. The van der Waals surface area contributed by atoms with Crippen LogP contribution in [0.4, 0.5) is 5.69 Å². The molecule has 6 rings (SSSR count). The molecule has 1 aliphatic rings. The fourth-order valence-electron chi connectivity index (χ4n) is 6.15. The molecule has 0 bridgehead atoms. The number of esters is 1. The van der Waals surface area contributed by atoms with Crippen molar-refractivity contribution in [3.05, 3.63) is 125 Å². The number of methoxy groups -OCH3 is 1. The fraction of sp³-hybridized carbons (Fsp3) is 0.206. The summed E-state index contributed by atoms with van der Waals surface area (Å²) in [6, 6.07) is 30.4. The van der Waals surface area contributed by atoms with Gasteiger partial charge in [0, 0.05) is 53.2 Å². The fourth-order valence-corrected chi connectivity index (χ4v) is 6.15. The molecule has 5 heteroatoms. The molecule has 5 aromatic rings. The smallest absolute Gasteiger partial charge is 0.340 e. The van der Waals surface area contributed by atoms with Crippen molar-refractivity contribution in [3.63, 3.8) is 0 Å². The van der Waals surface area contributed by atoms with Crippen molar-refractivity contribution in [1.82, 2.24) is 4.40 Å². The second kappa shape index (κ2) is 9.66. The summed E-state index contributed by atoms with van der Waals surface area (Å²) >= 11 is 0. The zero-order valence-corrected chi connectivity index (χ0v) is 22.8. The molecule has 0 aliphatic carbocycles. The van der Waals surface area contributed by atoms with Crippen LogP contribution in [0, 0.1) is 6.92 Å². The number of ether oxygens (including phenoxy) is 2. The Morgan fingerprint density at radius 1 is 0.872 bits per heavy atom. The van der Waals surface area contributed by atoms with Crippen molar-refractivity contribution in [2.75, 3.05) is 25.1 Å². The van der Waals surface area contributed by atoms with Crippen molar-refractivity contribution >= 4 is 17.2 Å². The molecule has 0 radical (unpaired) electrons. The lowest BCUT2D eigenvalue weighted by atomic mass is 9.79. The number of aromatic nitrogens is 1.